The predicted molar refractivity (Wildman–Crippen MR) is 70.7 cm³/mol. The van der Waals surface area contributed by atoms with Gasteiger partial charge >= 0.3 is 0 Å². The van der Waals surface area contributed by atoms with Gasteiger partial charge in [-0.1, -0.05) is 12.0 Å². The minimum absolute atomic E-state index is 0.0158. The Labute approximate surface area is 108 Å². The molecular formula is C12H18N2O3S. The minimum Gasteiger partial charge on any atom is -0.326 e. The second kappa shape index (κ2) is 6.57. The van der Waals surface area contributed by atoms with Crippen molar-refractivity contribution < 1.29 is 13.2 Å². The number of hydrogen-bond acceptors (Lipinski definition) is 4. The zero-order valence-corrected chi connectivity index (χ0v) is 11.1. The lowest BCUT2D eigenvalue weighted by Crippen LogP contribution is -2.45. The van der Waals surface area contributed by atoms with Crippen LogP contribution in [0, 0.1) is 12.3 Å². The standard InChI is InChI=1S/C12H18N2O3S/c1-3-6-13-9-12(15)14(7-4-2)11-5-8-18(16,17)10-11/h2-3,11,13H,1,5-10H2. The Kier molecular flexibility index (Phi) is 5.38. The summed E-state index contributed by atoms with van der Waals surface area (Å²) in [6.07, 6.45) is 7.35. The Morgan fingerprint density at radius 3 is 2.83 bits per heavy atom. The Balaban J connectivity index is 2.62. The molecule has 5 nitrogen and oxygen atoms in total. The van der Waals surface area contributed by atoms with E-state index in [9.17, 15) is 13.2 Å². The van der Waals surface area contributed by atoms with Crippen molar-refractivity contribution in [2.45, 2.75) is 12.5 Å². The summed E-state index contributed by atoms with van der Waals surface area (Å²) < 4.78 is 22.8. The molecule has 0 radical (unpaired) electrons. The lowest BCUT2D eigenvalue weighted by molar-refractivity contribution is -0.131. The third-order valence-electron chi connectivity index (χ3n) is 2.80. The third-order valence-corrected chi connectivity index (χ3v) is 4.55. The van der Waals surface area contributed by atoms with Crippen molar-refractivity contribution in [2.24, 2.45) is 0 Å². The van der Waals surface area contributed by atoms with Crippen molar-refractivity contribution in [1.29, 1.82) is 0 Å². The number of nitrogens with zero attached hydrogens (tertiary/aromatic N) is 1. The van der Waals surface area contributed by atoms with Crippen LogP contribution < -0.4 is 5.32 Å². The molecule has 1 heterocycles. The van der Waals surface area contributed by atoms with Crippen LogP contribution in [0.3, 0.4) is 0 Å². The molecule has 1 aliphatic rings. The number of rotatable bonds is 6. The lowest BCUT2D eigenvalue weighted by atomic mass is 10.2. The molecule has 1 saturated heterocycles. The fourth-order valence-electron chi connectivity index (χ4n) is 1.92. The number of carbonyl (C=O) groups excluding carboxylic acids is 1. The molecule has 100 valence electrons. The van der Waals surface area contributed by atoms with Crippen molar-refractivity contribution in [2.75, 3.05) is 31.1 Å². The summed E-state index contributed by atoms with van der Waals surface area (Å²) in [5.74, 6) is 2.38. The van der Waals surface area contributed by atoms with Gasteiger partial charge in [0.2, 0.25) is 5.91 Å². The molecule has 0 aromatic rings. The molecule has 0 aromatic heterocycles. The summed E-state index contributed by atoms with van der Waals surface area (Å²) in [7, 11) is -3.02. The van der Waals surface area contributed by atoms with Crippen LogP contribution in [0.4, 0.5) is 0 Å². The van der Waals surface area contributed by atoms with Gasteiger partial charge in [0.15, 0.2) is 9.84 Å². The van der Waals surface area contributed by atoms with Crippen LogP contribution in [0.1, 0.15) is 6.42 Å². The van der Waals surface area contributed by atoms with E-state index in [4.69, 9.17) is 6.42 Å². The van der Waals surface area contributed by atoms with Crippen LogP contribution in [0.2, 0.25) is 0 Å². The monoisotopic (exact) mass is 270 g/mol. The topological polar surface area (TPSA) is 66.5 Å². The maximum Gasteiger partial charge on any atom is 0.237 e. The molecule has 0 spiro atoms. The maximum absolute atomic E-state index is 11.9. The summed E-state index contributed by atoms with van der Waals surface area (Å²) in [4.78, 5) is 13.4. The van der Waals surface area contributed by atoms with Gasteiger partial charge in [-0.05, 0) is 6.42 Å². The first-order chi connectivity index (χ1) is 8.50. The van der Waals surface area contributed by atoms with E-state index < -0.39 is 9.84 Å². The SMILES string of the molecule is C#CCN(C(=O)CNCC=C)C1CCS(=O)(=O)C1. The smallest absolute Gasteiger partial charge is 0.237 e. The van der Waals surface area contributed by atoms with Gasteiger partial charge in [0, 0.05) is 12.6 Å². The molecule has 1 rings (SSSR count). The molecule has 1 N–H and O–H groups in total. The highest BCUT2D eigenvalue weighted by Gasteiger charge is 2.33. The third kappa shape index (κ3) is 4.17. The molecule has 1 fully saturated rings. The van der Waals surface area contributed by atoms with E-state index in [0.29, 0.717) is 13.0 Å². The molecule has 0 aliphatic carbocycles. The van der Waals surface area contributed by atoms with Crippen molar-refractivity contribution in [3.8, 4) is 12.3 Å². The van der Waals surface area contributed by atoms with Gasteiger partial charge in [0.25, 0.3) is 0 Å². The normalized spacial score (nSPS) is 21.2. The average molecular weight is 270 g/mol. The zero-order valence-electron chi connectivity index (χ0n) is 10.3. The molecule has 18 heavy (non-hydrogen) atoms. The van der Waals surface area contributed by atoms with Gasteiger partial charge in [-0.3, -0.25) is 4.79 Å². The van der Waals surface area contributed by atoms with E-state index in [1.165, 1.54) is 4.90 Å². The fourth-order valence-corrected chi connectivity index (χ4v) is 3.65. The summed E-state index contributed by atoms with van der Waals surface area (Å²) in [6, 6.07) is -0.288. The van der Waals surface area contributed by atoms with E-state index in [2.05, 4.69) is 17.8 Å². The van der Waals surface area contributed by atoms with Gasteiger partial charge in [0.05, 0.1) is 24.6 Å². The number of hydrogen-bond donors (Lipinski definition) is 1. The van der Waals surface area contributed by atoms with Crippen molar-refractivity contribution in [3.05, 3.63) is 12.7 Å². The highest BCUT2D eigenvalue weighted by molar-refractivity contribution is 7.91. The number of amides is 1. The van der Waals surface area contributed by atoms with Crippen LogP contribution >= 0.6 is 0 Å². The molecule has 6 heteroatoms. The molecule has 0 aromatic carbocycles. The van der Waals surface area contributed by atoms with Crippen molar-refractivity contribution in [3.63, 3.8) is 0 Å². The van der Waals surface area contributed by atoms with E-state index in [0.717, 1.165) is 0 Å². The molecular weight excluding hydrogens is 252 g/mol. The summed E-state index contributed by atoms with van der Waals surface area (Å²) in [5, 5.41) is 2.89. The van der Waals surface area contributed by atoms with Gasteiger partial charge in [-0.15, -0.1) is 13.0 Å². The Hall–Kier alpha value is -1.32. The fraction of sp³-hybridized carbons (Fsp3) is 0.583. The van der Waals surface area contributed by atoms with E-state index in [-0.39, 0.29) is 36.5 Å². The molecule has 1 aliphatic heterocycles. The lowest BCUT2D eigenvalue weighted by Gasteiger charge is -2.26. The number of carbonyl (C=O) groups is 1. The molecule has 0 bridgehead atoms. The van der Waals surface area contributed by atoms with Crippen LogP contribution in [-0.4, -0.2) is 56.4 Å². The Morgan fingerprint density at radius 1 is 1.61 bits per heavy atom. The second-order valence-corrected chi connectivity index (χ2v) is 6.43. The first-order valence-corrected chi connectivity index (χ1v) is 7.57. The first-order valence-electron chi connectivity index (χ1n) is 5.75. The minimum atomic E-state index is -3.02. The maximum atomic E-state index is 11.9. The number of nitrogens with one attached hydrogen (secondary N) is 1. The Bertz CT molecular complexity index is 450. The summed E-state index contributed by atoms with van der Waals surface area (Å²) in [5.41, 5.74) is 0. The van der Waals surface area contributed by atoms with Crippen molar-refractivity contribution in [1.82, 2.24) is 10.2 Å². The van der Waals surface area contributed by atoms with Crippen LogP contribution in [-0.2, 0) is 14.6 Å². The van der Waals surface area contributed by atoms with Gasteiger partial charge < -0.3 is 10.2 Å². The van der Waals surface area contributed by atoms with Crippen LogP contribution in [0.5, 0.6) is 0 Å². The Morgan fingerprint density at radius 2 is 2.33 bits per heavy atom. The number of sulfone groups is 1. The van der Waals surface area contributed by atoms with E-state index in [1.54, 1.807) is 6.08 Å². The molecule has 1 atom stereocenters. The average Bonchev–Trinajstić information content (AvgIpc) is 2.66. The van der Waals surface area contributed by atoms with Crippen LogP contribution in [0.15, 0.2) is 12.7 Å². The predicted octanol–water partition coefficient (Wildman–Crippen LogP) is -0.589. The summed E-state index contributed by atoms with van der Waals surface area (Å²) in [6.45, 7) is 4.35. The van der Waals surface area contributed by atoms with Gasteiger partial charge in [-0.2, -0.15) is 0 Å². The first kappa shape index (κ1) is 14.7. The highest BCUT2D eigenvalue weighted by Crippen LogP contribution is 2.17. The molecule has 1 unspecified atom stereocenters. The largest absolute Gasteiger partial charge is 0.326 e. The highest BCUT2D eigenvalue weighted by atomic mass is 32.2. The van der Waals surface area contributed by atoms with Gasteiger partial charge in [-0.25, -0.2) is 8.42 Å². The summed E-state index contributed by atoms with van der Waals surface area (Å²) >= 11 is 0. The second-order valence-electron chi connectivity index (χ2n) is 4.20. The number of terminal acetylenes is 1. The van der Waals surface area contributed by atoms with Crippen LogP contribution in [0.25, 0.3) is 0 Å². The zero-order chi connectivity index (χ0) is 13.6. The van der Waals surface area contributed by atoms with E-state index >= 15 is 0 Å². The molecule has 1 amide bonds. The quantitative estimate of drug-likeness (QED) is 0.398. The van der Waals surface area contributed by atoms with Crippen molar-refractivity contribution >= 4 is 15.7 Å². The molecule has 0 saturated carbocycles. The van der Waals surface area contributed by atoms with Gasteiger partial charge in [0.1, 0.15) is 0 Å². The van der Waals surface area contributed by atoms with E-state index in [1.807, 2.05) is 0 Å².